The second kappa shape index (κ2) is 6.72. The maximum absolute atomic E-state index is 5.94. The summed E-state index contributed by atoms with van der Waals surface area (Å²) < 4.78 is 5.94. The lowest BCUT2D eigenvalue weighted by Crippen LogP contribution is -2.54. The molecule has 1 rings (SSSR count). The van der Waals surface area contributed by atoms with Crippen molar-refractivity contribution >= 4 is 0 Å². The first-order valence-corrected chi connectivity index (χ1v) is 7.07. The second-order valence-corrected chi connectivity index (χ2v) is 5.96. The van der Waals surface area contributed by atoms with Crippen LogP contribution < -0.4 is 5.32 Å². The van der Waals surface area contributed by atoms with Gasteiger partial charge in [0.1, 0.15) is 0 Å². The number of hydrogen-bond acceptors (Lipinski definition) is 3. The molecule has 0 aromatic heterocycles. The van der Waals surface area contributed by atoms with Crippen molar-refractivity contribution in [2.75, 3.05) is 26.2 Å². The smallest absolute Gasteiger partial charge is 0.0757 e. The zero-order valence-corrected chi connectivity index (χ0v) is 12.3. The summed E-state index contributed by atoms with van der Waals surface area (Å²) in [6.45, 7) is 15.4. The van der Waals surface area contributed by atoms with Crippen molar-refractivity contribution in [1.82, 2.24) is 10.2 Å². The molecule has 1 fully saturated rings. The van der Waals surface area contributed by atoms with Crippen molar-refractivity contribution in [1.29, 1.82) is 0 Å². The molecule has 1 N–H and O–H groups in total. The van der Waals surface area contributed by atoms with E-state index in [9.17, 15) is 0 Å². The summed E-state index contributed by atoms with van der Waals surface area (Å²) in [6, 6.07) is 0.666. The van der Waals surface area contributed by atoms with Crippen LogP contribution in [-0.2, 0) is 4.74 Å². The predicted molar refractivity (Wildman–Crippen MR) is 73.4 cm³/mol. The van der Waals surface area contributed by atoms with E-state index in [1.165, 1.54) is 12.8 Å². The van der Waals surface area contributed by atoms with Crippen molar-refractivity contribution in [3.63, 3.8) is 0 Å². The molecule has 2 atom stereocenters. The minimum absolute atomic E-state index is 0.00753. The quantitative estimate of drug-likeness (QED) is 0.723. The molecule has 3 nitrogen and oxygen atoms in total. The number of hydrogen-bond donors (Lipinski definition) is 1. The van der Waals surface area contributed by atoms with Crippen LogP contribution in [0.2, 0.25) is 0 Å². The molecule has 102 valence electrons. The van der Waals surface area contributed by atoms with Crippen LogP contribution in [0.15, 0.2) is 0 Å². The highest BCUT2D eigenvalue weighted by Crippen LogP contribution is 2.23. The fourth-order valence-corrected chi connectivity index (χ4v) is 2.72. The number of nitrogens with one attached hydrogen (secondary N) is 1. The molecule has 0 aromatic rings. The molecule has 0 radical (unpaired) electrons. The van der Waals surface area contributed by atoms with Crippen LogP contribution in [-0.4, -0.2) is 48.8 Å². The first-order chi connectivity index (χ1) is 7.94. The lowest BCUT2D eigenvalue weighted by atomic mass is 10.0. The first kappa shape index (κ1) is 14.9. The van der Waals surface area contributed by atoms with E-state index < -0.39 is 0 Å². The fourth-order valence-electron chi connectivity index (χ4n) is 2.72. The molecule has 0 amide bonds. The Balaban J connectivity index is 2.32. The largest absolute Gasteiger partial charge is 0.370 e. The molecule has 3 heteroatoms. The first-order valence-electron chi connectivity index (χ1n) is 7.07. The summed E-state index contributed by atoms with van der Waals surface area (Å²) in [5.74, 6) is 0. The van der Waals surface area contributed by atoms with Gasteiger partial charge in [-0.3, -0.25) is 4.90 Å². The van der Waals surface area contributed by atoms with Crippen molar-refractivity contribution < 1.29 is 4.74 Å². The molecule has 1 heterocycles. The van der Waals surface area contributed by atoms with Gasteiger partial charge in [-0.25, -0.2) is 0 Å². The van der Waals surface area contributed by atoms with E-state index in [0.29, 0.717) is 12.1 Å². The molecule has 1 aliphatic heterocycles. The van der Waals surface area contributed by atoms with Gasteiger partial charge in [-0.05, 0) is 53.6 Å². The van der Waals surface area contributed by atoms with E-state index in [1.54, 1.807) is 0 Å². The third-order valence-electron chi connectivity index (χ3n) is 3.44. The topological polar surface area (TPSA) is 24.5 Å². The van der Waals surface area contributed by atoms with E-state index in [0.717, 1.165) is 26.2 Å². The summed E-state index contributed by atoms with van der Waals surface area (Å²) in [7, 11) is 0. The third kappa shape index (κ3) is 5.36. The molecule has 0 bridgehead atoms. The lowest BCUT2D eigenvalue weighted by molar-refractivity contribution is -0.137. The third-order valence-corrected chi connectivity index (χ3v) is 3.44. The van der Waals surface area contributed by atoms with Gasteiger partial charge < -0.3 is 10.1 Å². The summed E-state index contributed by atoms with van der Waals surface area (Å²) >= 11 is 0. The van der Waals surface area contributed by atoms with Gasteiger partial charge >= 0.3 is 0 Å². The van der Waals surface area contributed by atoms with Crippen LogP contribution in [0.4, 0.5) is 0 Å². The molecule has 1 saturated heterocycles. The van der Waals surface area contributed by atoms with Crippen molar-refractivity contribution in [2.45, 2.75) is 65.2 Å². The van der Waals surface area contributed by atoms with Gasteiger partial charge in [-0.15, -0.1) is 0 Å². The monoisotopic (exact) mass is 242 g/mol. The predicted octanol–water partition coefficient (Wildman–Crippen LogP) is 2.26. The molecule has 0 spiro atoms. The minimum atomic E-state index is 0.00753. The molecule has 0 saturated carbocycles. The standard InChI is InChI=1S/C14H30N2O/c1-6-15-9-7-8-12(2)16-10-13(3)17-14(4,5)11-16/h12-13,15H,6-11H2,1-5H3. The van der Waals surface area contributed by atoms with E-state index >= 15 is 0 Å². The summed E-state index contributed by atoms with van der Waals surface area (Å²) in [5.41, 5.74) is 0.00753. The van der Waals surface area contributed by atoms with Crippen LogP contribution in [0.3, 0.4) is 0 Å². The number of morpholine rings is 1. The van der Waals surface area contributed by atoms with Crippen molar-refractivity contribution in [3.8, 4) is 0 Å². The van der Waals surface area contributed by atoms with Gasteiger partial charge in [0, 0.05) is 19.1 Å². The Morgan fingerprint density at radius 3 is 2.76 bits per heavy atom. The average molecular weight is 242 g/mol. The van der Waals surface area contributed by atoms with Crippen LogP contribution in [0.1, 0.15) is 47.5 Å². The van der Waals surface area contributed by atoms with Crippen LogP contribution >= 0.6 is 0 Å². The number of nitrogens with zero attached hydrogens (tertiary/aromatic N) is 1. The Bertz CT molecular complexity index is 218. The second-order valence-electron chi connectivity index (χ2n) is 5.96. The Morgan fingerprint density at radius 1 is 1.47 bits per heavy atom. The van der Waals surface area contributed by atoms with E-state index in [-0.39, 0.29) is 5.60 Å². The molecule has 0 aromatic carbocycles. The molecule has 17 heavy (non-hydrogen) atoms. The zero-order chi connectivity index (χ0) is 12.9. The number of rotatable bonds is 6. The zero-order valence-electron chi connectivity index (χ0n) is 12.3. The Morgan fingerprint density at radius 2 is 2.18 bits per heavy atom. The molecule has 2 unspecified atom stereocenters. The average Bonchev–Trinajstić information content (AvgIpc) is 2.21. The van der Waals surface area contributed by atoms with Crippen LogP contribution in [0, 0.1) is 0 Å². The maximum atomic E-state index is 5.94. The molecular weight excluding hydrogens is 212 g/mol. The van der Waals surface area contributed by atoms with Crippen LogP contribution in [0.25, 0.3) is 0 Å². The normalized spacial score (nSPS) is 27.0. The summed E-state index contributed by atoms with van der Waals surface area (Å²) in [4.78, 5) is 2.58. The van der Waals surface area contributed by atoms with Gasteiger partial charge in [-0.2, -0.15) is 0 Å². The summed E-state index contributed by atoms with van der Waals surface area (Å²) in [5, 5.41) is 3.39. The Hall–Kier alpha value is -0.120. The fraction of sp³-hybridized carbons (Fsp3) is 1.00. The summed E-state index contributed by atoms with van der Waals surface area (Å²) in [6.07, 6.45) is 2.90. The highest BCUT2D eigenvalue weighted by Gasteiger charge is 2.32. The van der Waals surface area contributed by atoms with Gasteiger partial charge in [-0.1, -0.05) is 6.92 Å². The maximum Gasteiger partial charge on any atom is 0.0757 e. The molecular formula is C14H30N2O. The lowest BCUT2D eigenvalue weighted by Gasteiger charge is -2.44. The molecule has 1 aliphatic rings. The van der Waals surface area contributed by atoms with Gasteiger partial charge in [0.05, 0.1) is 11.7 Å². The van der Waals surface area contributed by atoms with E-state index in [4.69, 9.17) is 4.74 Å². The van der Waals surface area contributed by atoms with Crippen molar-refractivity contribution in [2.24, 2.45) is 0 Å². The Kier molecular flexibility index (Phi) is 5.90. The molecule has 0 aliphatic carbocycles. The highest BCUT2D eigenvalue weighted by molar-refractivity contribution is 4.85. The van der Waals surface area contributed by atoms with E-state index in [2.05, 4.69) is 44.8 Å². The van der Waals surface area contributed by atoms with Gasteiger partial charge in [0.15, 0.2) is 0 Å². The van der Waals surface area contributed by atoms with Crippen LogP contribution in [0.5, 0.6) is 0 Å². The minimum Gasteiger partial charge on any atom is -0.370 e. The van der Waals surface area contributed by atoms with E-state index in [1.807, 2.05) is 0 Å². The van der Waals surface area contributed by atoms with Gasteiger partial charge in [0.25, 0.3) is 0 Å². The SMILES string of the molecule is CCNCCCC(C)N1CC(C)OC(C)(C)C1. The van der Waals surface area contributed by atoms with Gasteiger partial charge in [0.2, 0.25) is 0 Å². The Labute approximate surface area is 107 Å². The number of ether oxygens (including phenoxy) is 1. The van der Waals surface area contributed by atoms with Crippen molar-refractivity contribution in [3.05, 3.63) is 0 Å². The highest BCUT2D eigenvalue weighted by atomic mass is 16.5.